The Morgan fingerprint density at radius 3 is 1.92 bits per heavy atom. The van der Waals surface area contributed by atoms with Gasteiger partial charge < -0.3 is 5.11 Å². The number of hydrogen-bond donors (Lipinski definition) is 2. The molecule has 1 unspecified atom stereocenters. The quantitative estimate of drug-likeness (QED) is 0.576. The minimum atomic E-state index is -4.59. The van der Waals surface area contributed by atoms with Crippen molar-refractivity contribution in [2.45, 2.75) is 18.6 Å². The number of hydrogen-bond acceptors (Lipinski definition) is 4. The van der Waals surface area contributed by atoms with E-state index in [1.807, 2.05) is 0 Å². The van der Waals surface area contributed by atoms with E-state index in [9.17, 15) is 18.0 Å². The molecule has 0 fully saturated rings. The normalized spacial score (nSPS) is 13.8. The van der Waals surface area contributed by atoms with E-state index in [1.165, 1.54) is 0 Å². The summed E-state index contributed by atoms with van der Waals surface area (Å²) in [5, 5.41) is 6.32. The van der Waals surface area contributed by atoms with Crippen molar-refractivity contribution in [2.75, 3.05) is 0 Å². The van der Waals surface area contributed by atoms with Gasteiger partial charge in [-0.2, -0.15) is 8.42 Å². The van der Waals surface area contributed by atoms with Gasteiger partial charge in [0.25, 0.3) is 10.1 Å². The van der Waals surface area contributed by atoms with Crippen LogP contribution in [-0.2, 0) is 19.7 Å². The molecule has 0 saturated carbocycles. The van der Waals surface area contributed by atoms with Gasteiger partial charge in [0.1, 0.15) is 0 Å². The van der Waals surface area contributed by atoms with E-state index in [0.717, 1.165) is 6.92 Å². The molecule has 0 spiro atoms. The molecule has 1 atom stereocenters. The molecule has 0 aliphatic rings. The standard InChI is InChI=1S/C5H8O6S/c1-3(6)4(2-5(7)8)12(9,10)11/h4H,2H2,1H3,(H,7,8)(H,9,10,11). The Balaban J connectivity index is 4.70. The average molecular weight is 196 g/mol. The molecule has 7 heteroatoms. The maximum Gasteiger partial charge on any atom is 0.305 e. The summed E-state index contributed by atoms with van der Waals surface area (Å²) >= 11 is 0. The number of carbonyl (C=O) groups excluding carboxylic acids is 1. The van der Waals surface area contributed by atoms with Crippen LogP contribution in [0.5, 0.6) is 0 Å². The van der Waals surface area contributed by atoms with E-state index >= 15 is 0 Å². The molecule has 12 heavy (non-hydrogen) atoms. The van der Waals surface area contributed by atoms with Crippen molar-refractivity contribution in [1.82, 2.24) is 0 Å². The molecule has 0 aromatic rings. The van der Waals surface area contributed by atoms with Crippen LogP contribution in [0.1, 0.15) is 13.3 Å². The third-order valence-electron chi connectivity index (χ3n) is 1.17. The molecule has 6 nitrogen and oxygen atoms in total. The predicted octanol–water partition coefficient (Wildman–Crippen LogP) is -0.693. The molecular formula is C5H8O6S. The summed E-state index contributed by atoms with van der Waals surface area (Å²) < 4.78 is 29.1. The molecule has 0 saturated heterocycles. The molecular weight excluding hydrogens is 188 g/mol. The maximum absolute atomic E-state index is 10.5. The topological polar surface area (TPSA) is 109 Å². The largest absolute Gasteiger partial charge is 0.481 e. The third-order valence-corrected chi connectivity index (χ3v) is 2.39. The fraction of sp³-hybridized carbons (Fsp3) is 0.600. The minimum Gasteiger partial charge on any atom is -0.481 e. The zero-order chi connectivity index (χ0) is 9.94. The first-order valence-corrected chi connectivity index (χ1v) is 4.44. The molecule has 0 bridgehead atoms. The first kappa shape index (κ1) is 11.1. The van der Waals surface area contributed by atoms with Crippen LogP contribution in [0.25, 0.3) is 0 Å². The summed E-state index contributed by atoms with van der Waals surface area (Å²) in [6, 6.07) is 0. The van der Waals surface area contributed by atoms with Crippen LogP contribution in [0.4, 0.5) is 0 Å². The fourth-order valence-corrected chi connectivity index (χ4v) is 1.39. The Kier molecular flexibility index (Phi) is 3.35. The highest BCUT2D eigenvalue weighted by Crippen LogP contribution is 2.05. The maximum atomic E-state index is 10.5. The molecule has 0 aromatic heterocycles. The summed E-state index contributed by atoms with van der Waals surface area (Å²) in [4.78, 5) is 20.6. The van der Waals surface area contributed by atoms with Crippen molar-refractivity contribution in [1.29, 1.82) is 0 Å². The van der Waals surface area contributed by atoms with E-state index in [1.54, 1.807) is 0 Å². The van der Waals surface area contributed by atoms with Crippen LogP contribution >= 0.6 is 0 Å². The van der Waals surface area contributed by atoms with Gasteiger partial charge in [-0.05, 0) is 6.92 Å². The Hall–Kier alpha value is -0.950. The lowest BCUT2D eigenvalue weighted by Crippen LogP contribution is -2.30. The number of aliphatic carboxylic acids is 1. The highest BCUT2D eigenvalue weighted by molar-refractivity contribution is 7.87. The fourth-order valence-electron chi connectivity index (χ4n) is 0.617. The van der Waals surface area contributed by atoms with E-state index in [0.29, 0.717) is 0 Å². The van der Waals surface area contributed by atoms with Gasteiger partial charge in [-0.1, -0.05) is 0 Å². The first-order valence-electron chi connectivity index (χ1n) is 2.93. The molecule has 0 aromatic carbocycles. The van der Waals surface area contributed by atoms with Crippen molar-refractivity contribution >= 4 is 21.9 Å². The van der Waals surface area contributed by atoms with Crippen LogP contribution in [-0.4, -0.2) is 35.1 Å². The second-order valence-corrected chi connectivity index (χ2v) is 3.81. The molecule has 0 rings (SSSR count). The summed E-state index contributed by atoms with van der Waals surface area (Å²) in [5.74, 6) is -2.34. The second-order valence-electron chi connectivity index (χ2n) is 2.21. The second kappa shape index (κ2) is 3.63. The van der Waals surface area contributed by atoms with Crippen molar-refractivity contribution in [3.63, 3.8) is 0 Å². The summed E-state index contributed by atoms with van der Waals surface area (Å²) in [7, 11) is -4.59. The Morgan fingerprint density at radius 1 is 1.42 bits per heavy atom. The number of rotatable bonds is 4. The van der Waals surface area contributed by atoms with Crippen LogP contribution in [0.3, 0.4) is 0 Å². The predicted molar refractivity (Wildman–Crippen MR) is 38.3 cm³/mol. The van der Waals surface area contributed by atoms with Gasteiger partial charge in [0.15, 0.2) is 11.0 Å². The average Bonchev–Trinajstić information content (AvgIpc) is 1.79. The lowest BCUT2D eigenvalue weighted by atomic mass is 10.2. The highest BCUT2D eigenvalue weighted by atomic mass is 32.2. The van der Waals surface area contributed by atoms with Gasteiger partial charge in [-0.25, -0.2) is 0 Å². The first-order chi connectivity index (χ1) is 5.25. The van der Waals surface area contributed by atoms with E-state index in [-0.39, 0.29) is 0 Å². The van der Waals surface area contributed by atoms with Crippen molar-refractivity contribution < 1.29 is 27.7 Å². The highest BCUT2D eigenvalue weighted by Gasteiger charge is 2.30. The monoisotopic (exact) mass is 196 g/mol. The number of ketones is 1. The Bertz CT molecular complexity index is 289. The molecule has 2 N–H and O–H groups in total. The van der Waals surface area contributed by atoms with E-state index < -0.39 is 33.5 Å². The van der Waals surface area contributed by atoms with E-state index in [4.69, 9.17) is 9.66 Å². The van der Waals surface area contributed by atoms with Crippen molar-refractivity contribution in [2.24, 2.45) is 0 Å². The van der Waals surface area contributed by atoms with Gasteiger partial charge in [0, 0.05) is 0 Å². The van der Waals surface area contributed by atoms with Crippen LogP contribution in [0.2, 0.25) is 0 Å². The summed E-state index contributed by atoms with van der Waals surface area (Å²) in [5.41, 5.74) is 0. The van der Waals surface area contributed by atoms with Gasteiger partial charge >= 0.3 is 5.97 Å². The smallest absolute Gasteiger partial charge is 0.305 e. The SMILES string of the molecule is CC(=O)C(CC(=O)O)S(=O)(=O)O. The van der Waals surface area contributed by atoms with Crippen LogP contribution in [0.15, 0.2) is 0 Å². The third kappa shape index (κ3) is 3.44. The minimum absolute atomic E-state index is 0.889. The lowest BCUT2D eigenvalue weighted by Gasteiger charge is -2.05. The number of carboxylic acid groups (broad SMARTS) is 1. The lowest BCUT2D eigenvalue weighted by molar-refractivity contribution is -0.138. The molecule has 0 aliphatic heterocycles. The molecule has 0 radical (unpaired) electrons. The Labute approximate surface area is 68.9 Å². The molecule has 0 amide bonds. The zero-order valence-electron chi connectivity index (χ0n) is 6.22. The van der Waals surface area contributed by atoms with Gasteiger partial charge in [0.2, 0.25) is 0 Å². The van der Waals surface area contributed by atoms with Crippen molar-refractivity contribution in [3.05, 3.63) is 0 Å². The summed E-state index contributed by atoms with van der Waals surface area (Å²) in [6.45, 7) is 0.904. The van der Waals surface area contributed by atoms with Crippen LogP contribution < -0.4 is 0 Å². The van der Waals surface area contributed by atoms with Gasteiger partial charge in [-0.15, -0.1) is 0 Å². The number of carbonyl (C=O) groups is 2. The van der Waals surface area contributed by atoms with Crippen molar-refractivity contribution in [3.8, 4) is 0 Å². The van der Waals surface area contributed by atoms with Gasteiger partial charge in [-0.3, -0.25) is 14.1 Å². The molecule has 0 aliphatic carbocycles. The molecule has 70 valence electrons. The number of carboxylic acids is 1. The molecule has 0 heterocycles. The summed E-state index contributed by atoms with van der Waals surface area (Å²) in [6.07, 6.45) is -0.909. The zero-order valence-corrected chi connectivity index (χ0v) is 7.04. The Morgan fingerprint density at radius 2 is 1.83 bits per heavy atom. The van der Waals surface area contributed by atoms with Gasteiger partial charge in [0.05, 0.1) is 6.42 Å². The van der Waals surface area contributed by atoms with E-state index in [2.05, 4.69) is 0 Å². The number of Topliss-reactive ketones (excluding diaryl/α,β-unsaturated/α-hetero) is 1. The van der Waals surface area contributed by atoms with Crippen LogP contribution in [0, 0.1) is 0 Å².